The smallest absolute Gasteiger partial charge is 0.240 e. The molecule has 24 heavy (non-hydrogen) atoms. The SMILES string of the molecule is CCSC[C@H](N)C(=O)N1CCCn2nc(CN3CC=CC3)cc2C1. The van der Waals surface area contributed by atoms with Gasteiger partial charge in [-0.3, -0.25) is 14.4 Å². The Morgan fingerprint density at radius 3 is 2.92 bits per heavy atom. The summed E-state index contributed by atoms with van der Waals surface area (Å²) in [4.78, 5) is 16.8. The van der Waals surface area contributed by atoms with Crippen LogP contribution in [0.4, 0.5) is 0 Å². The van der Waals surface area contributed by atoms with Crippen LogP contribution in [0.3, 0.4) is 0 Å². The van der Waals surface area contributed by atoms with E-state index in [1.165, 1.54) is 0 Å². The molecule has 0 radical (unpaired) electrons. The first-order chi connectivity index (χ1) is 11.7. The predicted octanol–water partition coefficient (Wildman–Crippen LogP) is 1.07. The Labute approximate surface area is 148 Å². The van der Waals surface area contributed by atoms with Gasteiger partial charge in [-0.2, -0.15) is 16.9 Å². The lowest BCUT2D eigenvalue weighted by molar-refractivity contribution is -0.132. The van der Waals surface area contributed by atoms with E-state index in [9.17, 15) is 4.79 Å². The molecule has 0 unspecified atom stereocenters. The van der Waals surface area contributed by atoms with Crippen molar-refractivity contribution in [3.63, 3.8) is 0 Å². The number of carbonyl (C=O) groups is 1. The normalized spacial score (nSPS) is 19.3. The molecule has 1 aromatic heterocycles. The van der Waals surface area contributed by atoms with Crippen LogP contribution in [-0.2, 0) is 24.4 Å². The number of fused-ring (bicyclic) bond motifs is 1. The maximum absolute atomic E-state index is 12.6. The summed E-state index contributed by atoms with van der Waals surface area (Å²) in [5.41, 5.74) is 8.29. The fourth-order valence-corrected chi connectivity index (χ4v) is 3.85. The van der Waals surface area contributed by atoms with E-state index in [4.69, 9.17) is 10.8 Å². The second-order valence-corrected chi connectivity index (χ2v) is 7.71. The molecule has 1 atom stereocenters. The molecule has 2 N–H and O–H groups in total. The molecule has 0 aliphatic carbocycles. The maximum atomic E-state index is 12.6. The minimum absolute atomic E-state index is 0.0656. The van der Waals surface area contributed by atoms with Crippen molar-refractivity contribution >= 4 is 17.7 Å². The highest BCUT2D eigenvalue weighted by atomic mass is 32.2. The first kappa shape index (κ1) is 17.5. The third-order valence-corrected chi connectivity index (χ3v) is 5.48. The van der Waals surface area contributed by atoms with Gasteiger partial charge in [0, 0.05) is 38.5 Å². The molecule has 0 spiro atoms. The standard InChI is InChI=1S/C17H27N5OS/c1-2-24-13-16(18)17(23)21-8-5-9-22-15(12-21)10-14(19-22)11-20-6-3-4-7-20/h3-4,10,16H,2,5-9,11-13,18H2,1H3/t16-/m0/s1. The van der Waals surface area contributed by atoms with Gasteiger partial charge >= 0.3 is 0 Å². The Kier molecular flexibility index (Phi) is 5.97. The van der Waals surface area contributed by atoms with Crippen LogP contribution in [0.5, 0.6) is 0 Å². The molecule has 1 amide bonds. The molecular weight excluding hydrogens is 322 g/mol. The van der Waals surface area contributed by atoms with Crippen LogP contribution < -0.4 is 5.73 Å². The van der Waals surface area contributed by atoms with Crippen LogP contribution in [0.25, 0.3) is 0 Å². The largest absolute Gasteiger partial charge is 0.335 e. The van der Waals surface area contributed by atoms with Gasteiger partial charge in [0.05, 0.1) is 24.0 Å². The van der Waals surface area contributed by atoms with Crippen molar-refractivity contribution < 1.29 is 4.79 Å². The van der Waals surface area contributed by atoms with Gasteiger partial charge in [-0.05, 0) is 18.2 Å². The van der Waals surface area contributed by atoms with Crippen molar-refractivity contribution in [1.82, 2.24) is 19.6 Å². The zero-order valence-electron chi connectivity index (χ0n) is 14.4. The minimum atomic E-state index is -0.403. The van der Waals surface area contributed by atoms with Crippen LogP contribution in [0, 0.1) is 0 Å². The molecule has 0 saturated carbocycles. The first-order valence-corrected chi connectivity index (χ1v) is 9.88. The highest BCUT2D eigenvalue weighted by molar-refractivity contribution is 7.99. The second-order valence-electron chi connectivity index (χ2n) is 6.39. The van der Waals surface area contributed by atoms with Crippen LogP contribution in [0.2, 0.25) is 0 Å². The number of carbonyl (C=O) groups excluding carboxylic acids is 1. The number of hydrogen-bond donors (Lipinski definition) is 1. The molecule has 3 heterocycles. The van der Waals surface area contributed by atoms with E-state index < -0.39 is 6.04 Å². The van der Waals surface area contributed by atoms with Gasteiger partial charge in [0.15, 0.2) is 0 Å². The average Bonchev–Trinajstić information content (AvgIpc) is 3.17. The van der Waals surface area contributed by atoms with Gasteiger partial charge in [0.1, 0.15) is 0 Å². The zero-order valence-corrected chi connectivity index (χ0v) is 15.2. The van der Waals surface area contributed by atoms with Crippen LogP contribution in [0.15, 0.2) is 18.2 Å². The molecule has 0 fully saturated rings. The summed E-state index contributed by atoms with van der Waals surface area (Å²) in [6, 6.07) is 1.75. The van der Waals surface area contributed by atoms with E-state index >= 15 is 0 Å². The van der Waals surface area contributed by atoms with Crippen molar-refractivity contribution in [3.8, 4) is 0 Å². The van der Waals surface area contributed by atoms with Crippen LogP contribution in [-0.4, -0.2) is 62.7 Å². The van der Waals surface area contributed by atoms with Gasteiger partial charge in [0.25, 0.3) is 0 Å². The highest BCUT2D eigenvalue weighted by Gasteiger charge is 2.25. The minimum Gasteiger partial charge on any atom is -0.335 e. The third kappa shape index (κ3) is 4.20. The molecule has 0 aromatic carbocycles. The topological polar surface area (TPSA) is 67.4 Å². The van der Waals surface area contributed by atoms with Gasteiger partial charge in [-0.25, -0.2) is 0 Å². The molecule has 132 valence electrons. The van der Waals surface area contributed by atoms with Gasteiger partial charge < -0.3 is 10.6 Å². The number of aryl methyl sites for hydroxylation is 1. The van der Waals surface area contributed by atoms with Crippen molar-refractivity contribution in [2.45, 2.75) is 39.0 Å². The van der Waals surface area contributed by atoms with E-state index in [0.717, 1.165) is 56.3 Å². The molecule has 2 aliphatic rings. The molecule has 2 aliphatic heterocycles. The van der Waals surface area contributed by atoms with Crippen molar-refractivity contribution in [1.29, 1.82) is 0 Å². The Hall–Kier alpha value is -1.31. The summed E-state index contributed by atoms with van der Waals surface area (Å²) in [6.45, 7) is 7.20. The summed E-state index contributed by atoms with van der Waals surface area (Å²) in [7, 11) is 0. The number of nitrogens with two attached hydrogens (primary N) is 1. The molecular formula is C17H27N5OS. The molecule has 0 saturated heterocycles. The van der Waals surface area contributed by atoms with E-state index in [1.54, 1.807) is 11.8 Å². The van der Waals surface area contributed by atoms with E-state index in [-0.39, 0.29) is 5.91 Å². The Balaban J connectivity index is 1.63. The number of nitrogens with zero attached hydrogens (tertiary/aromatic N) is 4. The Morgan fingerprint density at radius 2 is 2.17 bits per heavy atom. The maximum Gasteiger partial charge on any atom is 0.240 e. The lowest BCUT2D eigenvalue weighted by Gasteiger charge is -2.23. The zero-order chi connectivity index (χ0) is 16.9. The number of rotatable bonds is 6. The number of amides is 1. The van der Waals surface area contributed by atoms with E-state index in [2.05, 4.69) is 34.7 Å². The summed E-state index contributed by atoms with van der Waals surface area (Å²) in [5, 5.41) is 4.74. The van der Waals surface area contributed by atoms with E-state index in [1.807, 2.05) is 4.90 Å². The molecule has 0 bridgehead atoms. The van der Waals surface area contributed by atoms with Crippen LogP contribution >= 0.6 is 11.8 Å². The first-order valence-electron chi connectivity index (χ1n) is 8.72. The lowest BCUT2D eigenvalue weighted by Crippen LogP contribution is -2.45. The van der Waals surface area contributed by atoms with Crippen LogP contribution in [0.1, 0.15) is 24.7 Å². The fourth-order valence-electron chi connectivity index (χ4n) is 3.22. The van der Waals surface area contributed by atoms with Crippen molar-refractivity contribution in [2.24, 2.45) is 5.73 Å². The molecule has 7 heteroatoms. The summed E-state index contributed by atoms with van der Waals surface area (Å²) in [6.07, 6.45) is 5.31. The Bertz CT molecular complexity index is 592. The van der Waals surface area contributed by atoms with Crippen molar-refractivity contribution in [2.75, 3.05) is 31.1 Å². The fraction of sp³-hybridized carbons (Fsp3) is 0.647. The monoisotopic (exact) mass is 349 g/mol. The molecule has 3 rings (SSSR count). The third-order valence-electron chi connectivity index (χ3n) is 4.47. The second kappa shape index (κ2) is 8.18. The molecule has 1 aromatic rings. The highest BCUT2D eigenvalue weighted by Crippen LogP contribution is 2.17. The number of thioether (sulfide) groups is 1. The van der Waals surface area contributed by atoms with Gasteiger partial charge in [0.2, 0.25) is 5.91 Å². The summed E-state index contributed by atoms with van der Waals surface area (Å²) < 4.78 is 2.07. The molecule has 6 nitrogen and oxygen atoms in total. The predicted molar refractivity (Wildman–Crippen MR) is 97.7 cm³/mol. The number of hydrogen-bond acceptors (Lipinski definition) is 5. The van der Waals surface area contributed by atoms with Gasteiger partial charge in [-0.15, -0.1) is 0 Å². The van der Waals surface area contributed by atoms with E-state index in [0.29, 0.717) is 12.3 Å². The summed E-state index contributed by atoms with van der Waals surface area (Å²) in [5.74, 6) is 1.75. The summed E-state index contributed by atoms with van der Waals surface area (Å²) >= 11 is 1.72. The average molecular weight is 350 g/mol. The quantitative estimate of drug-likeness (QED) is 0.778. The lowest BCUT2D eigenvalue weighted by atomic mass is 10.2. The van der Waals surface area contributed by atoms with Gasteiger partial charge in [-0.1, -0.05) is 19.1 Å². The number of aromatic nitrogens is 2. The van der Waals surface area contributed by atoms with Crippen molar-refractivity contribution in [3.05, 3.63) is 29.6 Å². The Morgan fingerprint density at radius 1 is 1.38 bits per heavy atom.